The fourth-order valence-electron chi connectivity index (χ4n) is 4.32. The summed E-state index contributed by atoms with van der Waals surface area (Å²) in [7, 11) is 3.88. The van der Waals surface area contributed by atoms with Crippen molar-refractivity contribution in [1.82, 2.24) is 25.7 Å². The SMILES string of the molecule is Cc1cc(OCCNC(=O)NCCN(C)C)ccc1Cc1c(O[C@@H]2O[C@H](CO)[C@@H](O)[C@H](O)[C@H]2O)n[nH]c1C(C)C. The van der Waals surface area contributed by atoms with Crippen molar-refractivity contribution in [2.24, 2.45) is 0 Å². The van der Waals surface area contributed by atoms with Gasteiger partial charge in [0.05, 0.1) is 13.2 Å². The number of aromatic amines is 1. The summed E-state index contributed by atoms with van der Waals surface area (Å²) in [4.78, 5) is 13.8. The van der Waals surface area contributed by atoms with Crippen molar-refractivity contribution in [3.63, 3.8) is 0 Å². The number of nitrogens with zero attached hydrogens (tertiary/aromatic N) is 2. The molecule has 13 nitrogen and oxygen atoms in total. The number of urea groups is 1. The molecule has 40 heavy (non-hydrogen) atoms. The van der Waals surface area contributed by atoms with Crippen LogP contribution in [0.3, 0.4) is 0 Å². The van der Waals surface area contributed by atoms with E-state index in [1.807, 2.05) is 58.0 Å². The van der Waals surface area contributed by atoms with Gasteiger partial charge >= 0.3 is 6.03 Å². The highest BCUT2D eigenvalue weighted by atomic mass is 16.7. The van der Waals surface area contributed by atoms with E-state index in [1.54, 1.807) is 0 Å². The second kappa shape index (κ2) is 14.6. The number of rotatable bonds is 13. The van der Waals surface area contributed by atoms with Crippen LogP contribution in [0.5, 0.6) is 11.6 Å². The number of carbonyl (C=O) groups is 1. The number of amides is 2. The fourth-order valence-corrected chi connectivity index (χ4v) is 4.32. The van der Waals surface area contributed by atoms with Crippen molar-refractivity contribution >= 4 is 6.03 Å². The molecular weight excluding hydrogens is 522 g/mol. The first kappa shape index (κ1) is 31.6. The van der Waals surface area contributed by atoms with Gasteiger partial charge in [-0.15, -0.1) is 5.10 Å². The van der Waals surface area contributed by atoms with Crippen LogP contribution in [0.15, 0.2) is 18.2 Å². The molecule has 13 heteroatoms. The molecule has 224 valence electrons. The minimum absolute atomic E-state index is 0.0881. The number of aromatic nitrogens is 2. The highest BCUT2D eigenvalue weighted by Gasteiger charge is 2.45. The molecule has 1 aliphatic heterocycles. The normalized spacial score (nSPS) is 22.9. The zero-order valence-corrected chi connectivity index (χ0v) is 23.8. The number of aliphatic hydroxyl groups is 4. The quantitative estimate of drug-likeness (QED) is 0.161. The third-order valence-electron chi connectivity index (χ3n) is 6.70. The van der Waals surface area contributed by atoms with Gasteiger partial charge in [-0.1, -0.05) is 19.9 Å². The van der Waals surface area contributed by atoms with Gasteiger partial charge in [0, 0.05) is 30.8 Å². The Kier molecular flexibility index (Phi) is 11.5. The van der Waals surface area contributed by atoms with E-state index in [4.69, 9.17) is 14.2 Å². The summed E-state index contributed by atoms with van der Waals surface area (Å²) >= 11 is 0. The molecule has 1 aromatic heterocycles. The predicted molar refractivity (Wildman–Crippen MR) is 147 cm³/mol. The minimum atomic E-state index is -1.55. The van der Waals surface area contributed by atoms with Crippen LogP contribution in [0.2, 0.25) is 0 Å². The Balaban J connectivity index is 1.63. The van der Waals surface area contributed by atoms with Gasteiger partial charge in [0.25, 0.3) is 0 Å². The monoisotopic (exact) mass is 565 g/mol. The highest BCUT2D eigenvalue weighted by Crippen LogP contribution is 2.32. The zero-order valence-electron chi connectivity index (χ0n) is 23.8. The molecule has 0 spiro atoms. The molecule has 3 rings (SSSR count). The van der Waals surface area contributed by atoms with Crippen molar-refractivity contribution in [1.29, 1.82) is 0 Å². The van der Waals surface area contributed by atoms with E-state index in [9.17, 15) is 25.2 Å². The number of aliphatic hydroxyl groups excluding tert-OH is 4. The number of hydrogen-bond acceptors (Lipinski definition) is 10. The van der Waals surface area contributed by atoms with Gasteiger partial charge < -0.3 is 50.2 Å². The first-order chi connectivity index (χ1) is 19.0. The van der Waals surface area contributed by atoms with Crippen molar-refractivity contribution in [2.75, 3.05) is 46.9 Å². The third kappa shape index (κ3) is 8.29. The van der Waals surface area contributed by atoms with Gasteiger partial charge in [0.2, 0.25) is 12.2 Å². The highest BCUT2D eigenvalue weighted by molar-refractivity contribution is 5.73. The second-order valence-corrected chi connectivity index (χ2v) is 10.5. The van der Waals surface area contributed by atoms with E-state index >= 15 is 0 Å². The van der Waals surface area contributed by atoms with Crippen LogP contribution in [0.4, 0.5) is 4.79 Å². The van der Waals surface area contributed by atoms with Crippen LogP contribution >= 0.6 is 0 Å². The van der Waals surface area contributed by atoms with Crippen LogP contribution in [0, 0.1) is 6.92 Å². The summed E-state index contributed by atoms with van der Waals surface area (Å²) in [5.74, 6) is 0.956. The lowest BCUT2D eigenvalue weighted by molar-refractivity contribution is -0.278. The number of aryl methyl sites for hydroxylation is 1. The van der Waals surface area contributed by atoms with E-state index in [2.05, 4.69) is 20.8 Å². The van der Waals surface area contributed by atoms with Gasteiger partial charge in [0.15, 0.2) is 0 Å². The number of benzene rings is 1. The summed E-state index contributed by atoms with van der Waals surface area (Å²) in [6, 6.07) is 5.48. The van der Waals surface area contributed by atoms with Gasteiger partial charge in [-0.05, 0) is 50.2 Å². The summed E-state index contributed by atoms with van der Waals surface area (Å²) < 4.78 is 17.2. The lowest BCUT2D eigenvalue weighted by Gasteiger charge is -2.39. The molecule has 0 saturated carbocycles. The van der Waals surface area contributed by atoms with Crippen LogP contribution < -0.4 is 20.1 Å². The van der Waals surface area contributed by atoms with Gasteiger partial charge in [-0.3, -0.25) is 5.10 Å². The van der Waals surface area contributed by atoms with Crippen LogP contribution in [-0.4, -0.2) is 119 Å². The molecule has 5 atom stereocenters. The maximum absolute atomic E-state index is 11.8. The van der Waals surface area contributed by atoms with Crippen molar-refractivity contribution in [3.8, 4) is 11.6 Å². The fraction of sp³-hybridized carbons (Fsp3) is 0.630. The Labute approximate surface area is 234 Å². The van der Waals surface area contributed by atoms with E-state index in [1.165, 1.54) is 0 Å². The molecule has 1 fully saturated rings. The number of H-pyrrole nitrogens is 1. The number of carbonyl (C=O) groups excluding carboxylic acids is 1. The second-order valence-electron chi connectivity index (χ2n) is 10.5. The number of likely N-dealkylation sites (N-methyl/N-ethyl adjacent to an activating group) is 1. The van der Waals surface area contributed by atoms with Crippen LogP contribution in [0.25, 0.3) is 0 Å². The largest absolute Gasteiger partial charge is 0.492 e. The van der Waals surface area contributed by atoms with Crippen LogP contribution in [0.1, 0.15) is 42.1 Å². The molecule has 2 heterocycles. The molecule has 0 aliphatic carbocycles. The average Bonchev–Trinajstić information content (AvgIpc) is 3.30. The minimum Gasteiger partial charge on any atom is -0.492 e. The molecule has 2 aromatic rings. The lowest BCUT2D eigenvalue weighted by Crippen LogP contribution is -2.60. The van der Waals surface area contributed by atoms with Crippen molar-refractivity contribution in [2.45, 2.75) is 63.8 Å². The molecule has 2 amide bonds. The smallest absolute Gasteiger partial charge is 0.314 e. The molecule has 1 aromatic carbocycles. The summed E-state index contributed by atoms with van der Waals surface area (Å²) in [6.07, 6.45) is -6.53. The third-order valence-corrected chi connectivity index (χ3v) is 6.70. The maximum atomic E-state index is 11.8. The average molecular weight is 566 g/mol. The standard InChI is InChI=1S/C27H43N5O8/c1-15(2)21-19(25(31-30-21)40-26-24(36)23(35)22(34)20(14-33)39-26)13-17-6-7-18(12-16(17)3)38-11-9-29-27(37)28-8-10-32(4)5/h6-7,12,15,20,22-24,26,33-36H,8-11,13-14H2,1-5H3,(H,30,31)(H2,28,29,37)/t20-,22-,23+,24-,26+/m1/s1. The van der Waals surface area contributed by atoms with E-state index in [0.29, 0.717) is 31.9 Å². The molecule has 1 aliphatic rings. The Morgan fingerprint density at radius 1 is 1.15 bits per heavy atom. The first-order valence-electron chi connectivity index (χ1n) is 13.4. The number of hydrogen-bond donors (Lipinski definition) is 7. The maximum Gasteiger partial charge on any atom is 0.314 e. The molecule has 0 bridgehead atoms. The first-order valence-corrected chi connectivity index (χ1v) is 13.4. The van der Waals surface area contributed by atoms with Gasteiger partial charge in [-0.2, -0.15) is 0 Å². The molecular formula is C27H43N5O8. The number of nitrogens with one attached hydrogen (secondary N) is 3. The number of ether oxygens (including phenoxy) is 3. The van der Waals surface area contributed by atoms with Crippen molar-refractivity contribution < 1.29 is 39.4 Å². The topological polar surface area (TPSA) is 182 Å². The Hall–Kier alpha value is -2.94. The Morgan fingerprint density at radius 2 is 1.88 bits per heavy atom. The summed E-state index contributed by atoms with van der Waals surface area (Å²) in [5, 5.41) is 52.9. The molecule has 7 N–H and O–H groups in total. The summed E-state index contributed by atoms with van der Waals surface area (Å²) in [5.41, 5.74) is 3.57. The zero-order chi connectivity index (χ0) is 29.4. The van der Waals surface area contributed by atoms with Gasteiger partial charge in [0.1, 0.15) is 36.8 Å². The van der Waals surface area contributed by atoms with Gasteiger partial charge in [-0.25, -0.2) is 4.79 Å². The molecule has 0 radical (unpaired) electrons. The molecule has 0 unspecified atom stereocenters. The Bertz CT molecular complexity index is 1090. The Morgan fingerprint density at radius 3 is 2.52 bits per heavy atom. The van der Waals surface area contributed by atoms with E-state index in [-0.39, 0.29) is 17.8 Å². The van der Waals surface area contributed by atoms with E-state index < -0.39 is 37.3 Å². The lowest BCUT2D eigenvalue weighted by atomic mass is 9.96. The van der Waals surface area contributed by atoms with Crippen LogP contribution in [-0.2, 0) is 11.2 Å². The molecule has 1 saturated heterocycles. The van der Waals surface area contributed by atoms with E-state index in [0.717, 1.165) is 28.9 Å². The summed E-state index contributed by atoms with van der Waals surface area (Å²) in [6.45, 7) is 7.43. The van der Waals surface area contributed by atoms with Crippen molar-refractivity contribution in [3.05, 3.63) is 40.6 Å². The predicted octanol–water partition coefficient (Wildman–Crippen LogP) is -0.149.